The van der Waals surface area contributed by atoms with Crippen molar-refractivity contribution in [1.29, 1.82) is 0 Å². The second kappa shape index (κ2) is 9.28. The number of aliphatic hydroxyl groups is 2. The average Bonchev–Trinajstić information content (AvgIpc) is 2.77. The van der Waals surface area contributed by atoms with Crippen molar-refractivity contribution >= 4 is 6.08 Å². The highest BCUT2D eigenvalue weighted by molar-refractivity contribution is 5.57. The molecule has 3 aromatic carbocycles. The predicted octanol–water partition coefficient (Wildman–Crippen LogP) is 6.03. The van der Waals surface area contributed by atoms with Gasteiger partial charge in [0.25, 0.3) is 0 Å². The van der Waals surface area contributed by atoms with Gasteiger partial charge in [0.15, 0.2) is 0 Å². The molecular weight excluding hydrogens is 389 g/mol. The molecule has 2 N–H and O–H groups in total. The second-order valence-corrected chi connectivity index (χ2v) is 7.12. The van der Waals surface area contributed by atoms with E-state index in [1.165, 1.54) is 30.3 Å². The lowest BCUT2D eigenvalue weighted by Gasteiger charge is -2.34. The Kier molecular flexibility index (Phi) is 6.75. The standard InChI is InChI=1S/C25H23F3O2/c26-25(27,28)24(30,21-14-8-3-9-15-21)22(18-19-10-4-1-5-11-19)16-17-23(29)20-12-6-2-7-13-20/h1-15,18,23,29-30H,16-17H2/b22-18+/t23-,24-/m1/s1. The summed E-state index contributed by atoms with van der Waals surface area (Å²) in [5.74, 6) is 0. The van der Waals surface area contributed by atoms with Gasteiger partial charge in [0, 0.05) is 0 Å². The van der Waals surface area contributed by atoms with E-state index >= 15 is 0 Å². The maximum atomic E-state index is 14.2. The molecule has 0 radical (unpaired) electrons. The van der Waals surface area contributed by atoms with Gasteiger partial charge >= 0.3 is 6.18 Å². The first-order valence-corrected chi connectivity index (χ1v) is 9.66. The van der Waals surface area contributed by atoms with Gasteiger partial charge in [-0.1, -0.05) is 97.1 Å². The van der Waals surface area contributed by atoms with Crippen LogP contribution in [0.25, 0.3) is 6.08 Å². The third-order valence-electron chi connectivity index (χ3n) is 5.08. The maximum Gasteiger partial charge on any atom is 0.425 e. The molecular formula is C25H23F3O2. The zero-order valence-corrected chi connectivity index (χ0v) is 16.3. The molecule has 0 saturated heterocycles. The van der Waals surface area contributed by atoms with Crippen LogP contribution in [0.4, 0.5) is 13.2 Å². The van der Waals surface area contributed by atoms with Crippen molar-refractivity contribution in [1.82, 2.24) is 0 Å². The zero-order chi connectivity index (χ0) is 21.6. The highest BCUT2D eigenvalue weighted by Crippen LogP contribution is 2.47. The summed E-state index contributed by atoms with van der Waals surface area (Å²) in [6.45, 7) is 0. The lowest BCUT2D eigenvalue weighted by atomic mass is 9.81. The smallest absolute Gasteiger partial charge is 0.388 e. The van der Waals surface area contributed by atoms with E-state index in [9.17, 15) is 23.4 Å². The topological polar surface area (TPSA) is 40.5 Å². The minimum Gasteiger partial charge on any atom is -0.388 e. The van der Waals surface area contributed by atoms with E-state index in [1.807, 2.05) is 0 Å². The Labute approximate surface area is 173 Å². The monoisotopic (exact) mass is 412 g/mol. The first-order chi connectivity index (χ1) is 14.3. The van der Waals surface area contributed by atoms with E-state index in [0.29, 0.717) is 11.1 Å². The molecule has 3 rings (SSSR count). The zero-order valence-electron chi connectivity index (χ0n) is 16.3. The SMILES string of the molecule is O[C@H](CC/C(=C\c1ccccc1)[C@](O)(c1ccccc1)C(F)(F)F)c1ccccc1. The minimum atomic E-state index is -4.94. The molecule has 0 aliphatic heterocycles. The van der Waals surface area contributed by atoms with Crippen LogP contribution in [0.15, 0.2) is 96.6 Å². The molecule has 0 bridgehead atoms. The van der Waals surface area contributed by atoms with E-state index in [4.69, 9.17) is 0 Å². The largest absolute Gasteiger partial charge is 0.425 e. The number of hydrogen-bond acceptors (Lipinski definition) is 2. The van der Waals surface area contributed by atoms with Gasteiger partial charge in [-0.3, -0.25) is 0 Å². The van der Waals surface area contributed by atoms with Crippen LogP contribution in [0.1, 0.15) is 35.6 Å². The van der Waals surface area contributed by atoms with Crippen molar-refractivity contribution in [2.75, 3.05) is 0 Å². The van der Waals surface area contributed by atoms with Crippen LogP contribution < -0.4 is 0 Å². The molecule has 0 saturated carbocycles. The molecule has 2 atom stereocenters. The number of alkyl halides is 3. The Morgan fingerprint density at radius 2 is 1.30 bits per heavy atom. The van der Waals surface area contributed by atoms with Gasteiger partial charge in [0.2, 0.25) is 5.60 Å². The molecule has 30 heavy (non-hydrogen) atoms. The summed E-state index contributed by atoms with van der Waals surface area (Å²) in [6, 6.07) is 24.4. The van der Waals surface area contributed by atoms with Crippen LogP contribution >= 0.6 is 0 Å². The molecule has 5 heteroatoms. The Morgan fingerprint density at radius 1 is 0.800 bits per heavy atom. The van der Waals surface area contributed by atoms with Crippen molar-refractivity contribution in [3.63, 3.8) is 0 Å². The van der Waals surface area contributed by atoms with E-state index in [1.54, 1.807) is 66.7 Å². The summed E-state index contributed by atoms with van der Waals surface area (Å²) in [7, 11) is 0. The van der Waals surface area contributed by atoms with Gasteiger partial charge in [-0.05, 0) is 35.1 Å². The normalized spacial score (nSPS) is 15.4. The summed E-state index contributed by atoms with van der Waals surface area (Å²) >= 11 is 0. The molecule has 0 amide bonds. The second-order valence-electron chi connectivity index (χ2n) is 7.12. The first-order valence-electron chi connectivity index (χ1n) is 9.66. The molecule has 0 aliphatic rings. The lowest BCUT2D eigenvalue weighted by Crippen LogP contribution is -2.44. The van der Waals surface area contributed by atoms with Gasteiger partial charge in [0.1, 0.15) is 0 Å². The maximum absolute atomic E-state index is 14.2. The molecule has 0 aromatic heterocycles. The molecule has 0 unspecified atom stereocenters. The van der Waals surface area contributed by atoms with Crippen molar-refractivity contribution in [2.45, 2.75) is 30.7 Å². The highest BCUT2D eigenvalue weighted by Gasteiger charge is 2.57. The minimum absolute atomic E-state index is 0.0356. The fourth-order valence-corrected chi connectivity index (χ4v) is 3.45. The third-order valence-corrected chi connectivity index (χ3v) is 5.08. The van der Waals surface area contributed by atoms with Crippen LogP contribution in [0.3, 0.4) is 0 Å². The van der Waals surface area contributed by atoms with Crippen LogP contribution in [-0.2, 0) is 5.60 Å². The van der Waals surface area contributed by atoms with Gasteiger partial charge in [-0.2, -0.15) is 13.2 Å². The Morgan fingerprint density at radius 3 is 1.83 bits per heavy atom. The van der Waals surface area contributed by atoms with Crippen molar-refractivity contribution in [2.24, 2.45) is 0 Å². The number of hydrogen-bond donors (Lipinski definition) is 2. The number of benzene rings is 3. The summed E-state index contributed by atoms with van der Waals surface area (Å²) in [4.78, 5) is 0. The lowest BCUT2D eigenvalue weighted by molar-refractivity contribution is -0.250. The van der Waals surface area contributed by atoms with Gasteiger partial charge < -0.3 is 10.2 Å². The summed E-state index contributed by atoms with van der Waals surface area (Å²) in [5.41, 5.74) is -2.48. The molecule has 0 spiro atoms. The number of rotatable bonds is 7. The molecule has 3 aromatic rings. The summed E-state index contributed by atoms with van der Waals surface area (Å²) < 4.78 is 42.7. The van der Waals surface area contributed by atoms with E-state index in [2.05, 4.69) is 0 Å². The predicted molar refractivity (Wildman–Crippen MR) is 111 cm³/mol. The molecule has 0 fully saturated rings. The fraction of sp³-hybridized carbons (Fsp3) is 0.200. The Hall–Kier alpha value is -2.89. The average molecular weight is 412 g/mol. The van der Waals surface area contributed by atoms with Gasteiger partial charge in [-0.15, -0.1) is 0 Å². The van der Waals surface area contributed by atoms with E-state index in [0.717, 1.165) is 0 Å². The van der Waals surface area contributed by atoms with Crippen LogP contribution in [0.5, 0.6) is 0 Å². The summed E-state index contributed by atoms with van der Waals surface area (Å²) in [5, 5.41) is 21.5. The van der Waals surface area contributed by atoms with E-state index < -0.39 is 17.9 Å². The Bertz CT molecular complexity index is 954. The first kappa shape index (κ1) is 21.8. The van der Waals surface area contributed by atoms with Crippen molar-refractivity contribution < 1.29 is 23.4 Å². The van der Waals surface area contributed by atoms with Gasteiger partial charge in [-0.25, -0.2) is 0 Å². The van der Waals surface area contributed by atoms with Crippen LogP contribution in [-0.4, -0.2) is 16.4 Å². The van der Waals surface area contributed by atoms with Crippen LogP contribution in [0.2, 0.25) is 0 Å². The molecule has 156 valence electrons. The Balaban J connectivity index is 2.02. The molecule has 0 aliphatic carbocycles. The van der Waals surface area contributed by atoms with Crippen molar-refractivity contribution in [3.8, 4) is 0 Å². The number of halogens is 3. The molecule has 0 heterocycles. The van der Waals surface area contributed by atoms with Crippen LogP contribution in [0, 0.1) is 0 Å². The number of aliphatic hydroxyl groups excluding tert-OH is 1. The van der Waals surface area contributed by atoms with Gasteiger partial charge in [0.05, 0.1) is 6.10 Å². The molecule has 2 nitrogen and oxygen atoms in total. The fourth-order valence-electron chi connectivity index (χ4n) is 3.45. The third kappa shape index (κ3) is 4.81. The van der Waals surface area contributed by atoms with Crippen molar-refractivity contribution in [3.05, 3.63) is 113 Å². The highest BCUT2D eigenvalue weighted by atomic mass is 19.4. The van der Waals surface area contributed by atoms with E-state index in [-0.39, 0.29) is 24.0 Å². The quantitative estimate of drug-likeness (QED) is 0.497. The summed E-state index contributed by atoms with van der Waals surface area (Å²) in [6.07, 6.45) is -4.63.